The van der Waals surface area contributed by atoms with Gasteiger partial charge in [0.05, 0.1) is 11.1 Å². The summed E-state index contributed by atoms with van der Waals surface area (Å²) in [6.07, 6.45) is 3.07. The van der Waals surface area contributed by atoms with Crippen molar-refractivity contribution in [3.63, 3.8) is 0 Å². The van der Waals surface area contributed by atoms with Crippen LogP contribution in [-0.2, 0) is 0 Å². The zero-order valence-electron chi connectivity index (χ0n) is 16.2. The lowest BCUT2D eigenvalue weighted by Crippen LogP contribution is -2.54. The van der Waals surface area contributed by atoms with Gasteiger partial charge in [0.2, 0.25) is 0 Å². The predicted molar refractivity (Wildman–Crippen MR) is 111 cm³/mol. The predicted octanol–water partition coefficient (Wildman–Crippen LogP) is 4.11. The van der Waals surface area contributed by atoms with Crippen LogP contribution in [0.1, 0.15) is 34.5 Å². The van der Waals surface area contributed by atoms with Gasteiger partial charge < -0.3 is 19.5 Å². The normalized spacial score (nSPS) is 18.5. The van der Waals surface area contributed by atoms with Crippen molar-refractivity contribution < 1.29 is 14.0 Å². The highest BCUT2D eigenvalue weighted by Crippen LogP contribution is 2.44. The van der Waals surface area contributed by atoms with Crippen molar-refractivity contribution in [1.82, 2.24) is 9.80 Å². The van der Waals surface area contributed by atoms with Gasteiger partial charge in [-0.2, -0.15) is 0 Å². The second-order valence-electron chi connectivity index (χ2n) is 7.41. The Bertz CT molecular complexity index is 853. The number of thioether (sulfide) groups is 1. The number of furan rings is 1. The smallest absolute Gasteiger partial charge is 0.321 e. The maximum absolute atomic E-state index is 12.8. The first-order valence-corrected chi connectivity index (χ1v) is 10.6. The van der Waals surface area contributed by atoms with Crippen LogP contribution in [0.15, 0.2) is 41.0 Å². The van der Waals surface area contributed by atoms with Crippen LogP contribution in [0, 0.1) is 13.8 Å². The summed E-state index contributed by atoms with van der Waals surface area (Å²) in [5, 5.41) is 3.07. The Morgan fingerprint density at radius 2 is 1.79 bits per heavy atom. The largest absolute Gasteiger partial charge is 0.459 e. The monoisotopic (exact) mass is 399 g/mol. The highest BCUT2D eigenvalue weighted by atomic mass is 32.2. The van der Waals surface area contributed by atoms with E-state index in [1.807, 2.05) is 53.6 Å². The average molecular weight is 400 g/mol. The number of carbonyl (C=O) groups excluding carboxylic acids is 2. The molecule has 0 aliphatic carbocycles. The van der Waals surface area contributed by atoms with E-state index in [9.17, 15) is 9.59 Å². The van der Waals surface area contributed by atoms with Crippen molar-refractivity contribution >= 4 is 29.4 Å². The lowest BCUT2D eigenvalue weighted by atomic mass is 10.0. The van der Waals surface area contributed by atoms with Gasteiger partial charge in [-0.3, -0.25) is 4.79 Å². The summed E-state index contributed by atoms with van der Waals surface area (Å²) in [7, 11) is 0. The second kappa shape index (κ2) is 7.54. The van der Waals surface area contributed by atoms with Gasteiger partial charge in [0, 0.05) is 31.1 Å². The van der Waals surface area contributed by atoms with Crippen LogP contribution in [0.4, 0.5) is 10.5 Å². The first-order valence-electron chi connectivity index (χ1n) is 9.62. The van der Waals surface area contributed by atoms with Gasteiger partial charge in [-0.25, -0.2) is 4.79 Å². The lowest BCUT2D eigenvalue weighted by molar-refractivity contribution is 0.0554. The number of hydrogen-bond donors (Lipinski definition) is 1. The maximum Gasteiger partial charge on any atom is 0.321 e. The van der Waals surface area contributed by atoms with Gasteiger partial charge >= 0.3 is 6.03 Å². The Balaban J connectivity index is 1.42. The molecule has 7 heteroatoms. The number of carbonyl (C=O) groups is 2. The Labute approximate surface area is 169 Å². The summed E-state index contributed by atoms with van der Waals surface area (Å²) in [5.74, 6) is 1.25. The Morgan fingerprint density at radius 3 is 2.43 bits per heavy atom. The molecule has 1 aromatic heterocycles. The molecular weight excluding hydrogens is 374 g/mol. The molecule has 0 unspecified atom stereocenters. The number of para-hydroxylation sites is 1. The summed E-state index contributed by atoms with van der Waals surface area (Å²) in [5.41, 5.74) is 3.00. The van der Waals surface area contributed by atoms with E-state index < -0.39 is 0 Å². The van der Waals surface area contributed by atoms with Crippen LogP contribution in [0.3, 0.4) is 0 Å². The van der Waals surface area contributed by atoms with Crippen molar-refractivity contribution in [2.75, 3.05) is 30.7 Å². The first kappa shape index (κ1) is 18.9. The molecule has 0 radical (unpaired) electrons. The average Bonchev–Trinajstić information content (AvgIpc) is 3.35. The standard InChI is InChI=1S/C21H25N3O3S/c1-15-5-3-6-16(2)18(15)22-20(26)23-10-8-21(9-11-23)24(12-14-28-21)19(25)17-7-4-13-27-17/h3-7,13H,8-12,14H2,1-2H3,(H,22,26). The summed E-state index contributed by atoms with van der Waals surface area (Å²) in [6, 6.07) is 9.38. The summed E-state index contributed by atoms with van der Waals surface area (Å²) in [6.45, 7) is 5.98. The number of anilines is 1. The highest BCUT2D eigenvalue weighted by molar-refractivity contribution is 8.00. The minimum Gasteiger partial charge on any atom is -0.459 e. The first-order chi connectivity index (χ1) is 13.5. The third-order valence-electron chi connectivity index (χ3n) is 5.70. The van der Waals surface area contributed by atoms with Crippen LogP contribution in [-0.4, -0.2) is 52.0 Å². The Morgan fingerprint density at radius 1 is 1.07 bits per heavy atom. The molecule has 0 saturated carbocycles. The number of aryl methyl sites for hydroxylation is 2. The Kier molecular flexibility index (Phi) is 5.10. The summed E-state index contributed by atoms with van der Waals surface area (Å²) < 4.78 is 5.31. The van der Waals surface area contributed by atoms with Crippen molar-refractivity contribution in [2.24, 2.45) is 0 Å². The van der Waals surface area contributed by atoms with E-state index in [-0.39, 0.29) is 16.8 Å². The quantitative estimate of drug-likeness (QED) is 0.825. The molecule has 2 aliphatic rings. The SMILES string of the molecule is Cc1cccc(C)c1NC(=O)N1CCC2(CC1)SCCN2C(=O)c1ccco1. The lowest BCUT2D eigenvalue weighted by Gasteiger charge is -2.43. The number of amides is 3. The van der Waals surface area contributed by atoms with Gasteiger partial charge in [0.1, 0.15) is 0 Å². The fraction of sp³-hybridized carbons (Fsp3) is 0.429. The van der Waals surface area contributed by atoms with Crippen LogP contribution in [0.25, 0.3) is 0 Å². The van der Waals surface area contributed by atoms with Crippen LogP contribution in [0.2, 0.25) is 0 Å². The Hall–Kier alpha value is -2.41. The van der Waals surface area contributed by atoms with Gasteiger partial charge in [-0.05, 0) is 49.9 Å². The maximum atomic E-state index is 12.8. The zero-order chi connectivity index (χ0) is 19.7. The van der Waals surface area contributed by atoms with Gasteiger partial charge in [-0.15, -0.1) is 11.8 Å². The molecule has 2 aliphatic heterocycles. The summed E-state index contributed by atoms with van der Waals surface area (Å²) >= 11 is 1.83. The van der Waals surface area contributed by atoms with E-state index in [4.69, 9.17) is 4.42 Å². The number of nitrogens with one attached hydrogen (secondary N) is 1. The molecule has 1 aromatic carbocycles. The molecule has 3 heterocycles. The number of urea groups is 1. The molecule has 1 N–H and O–H groups in total. The molecule has 4 rings (SSSR count). The number of benzene rings is 1. The molecule has 1 spiro atoms. The van der Waals surface area contributed by atoms with Crippen molar-refractivity contribution in [3.8, 4) is 0 Å². The van der Waals surface area contributed by atoms with E-state index >= 15 is 0 Å². The number of likely N-dealkylation sites (tertiary alicyclic amines) is 1. The number of nitrogens with zero attached hydrogens (tertiary/aromatic N) is 2. The van der Waals surface area contributed by atoms with Gasteiger partial charge in [0.25, 0.3) is 5.91 Å². The molecule has 2 fully saturated rings. The molecule has 28 heavy (non-hydrogen) atoms. The molecule has 2 aromatic rings. The minimum atomic E-state index is -0.237. The molecule has 148 valence electrons. The topological polar surface area (TPSA) is 65.8 Å². The molecule has 0 bridgehead atoms. The zero-order valence-corrected chi connectivity index (χ0v) is 17.1. The molecule has 6 nitrogen and oxygen atoms in total. The summed E-state index contributed by atoms with van der Waals surface area (Å²) in [4.78, 5) is 29.2. The second-order valence-corrected chi connectivity index (χ2v) is 8.87. The van der Waals surface area contributed by atoms with Crippen molar-refractivity contribution in [2.45, 2.75) is 31.6 Å². The van der Waals surface area contributed by atoms with Crippen molar-refractivity contribution in [3.05, 3.63) is 53.5 Å². The number of hydrogen-bond acceptors (Lipinski definition) is 4. The molecule has 0 atom stereocenters. The van der Waals surface area contributed by atoms with Crippen LogP contribution >= 0.6 is 11.8 Å². The van der Waals surface area contributed by atoms with E-state index in [1.165, 1.54) is 6.26 Å². The highest BCUT2D eigenvalue weighted by Gasteiger charge is 2.47. The number of rotatable bonds is 2. The third kappa shape index (κ3) is 3.39. The van der Waals surface area contributed by atoms with Crippen LogP contribution < -0.4 is 5.32 Å². The van der Waals surface area contributed by atoms with Gasteiger partial charge in [-0.1, -0.05) is 18.2 Å². The molecule has 2 saturated heterocycles. The number of piperidine rings is 1. The van der Waals surface area contributed by atoms with E-state index in [1.54, 1.807) is 12.1 Å². The van der Waals surface area contributed by atoms with Crippen LogP contribution in [0.5, 0.6) is 0 Å². The molecule has 3 amide bonds. The van der Waals surface area contributed by atoms with E-state index in [2.05, 4.69) is 5.32 Å². The van der Waals surface area contributed by atoms with Crippen molar-refractivity contribution in [1.29, 1.82) is 0 Å². The molecular formula is C21H25N3O3S. The fourth-order valence-electron chi connectivity index (χ4n) is 4.10. The third-order valence-corrected chi connectivity index (χ3v) is 7.25. The van der Waals surface area contributed by atoms with E-state index in [0.717, 1.165) is 42.0 Å². The van der Waals surface area contributed by atoms with Gasteiger partial charge in [0.15, 0.2) is 5.76 Å². The van der Waals surface area contributed by atoms with E-state index in [0.29, 0.717) is 18.8 Å². The fourth-order valence-corrected chi connectivity index (χ4v) is 5.55. The minimum absolute atomic E-state index is 0.0524.